The topological polar surface area (TPSA) is 88.2 Å². The molecular formula is C14H23N3O5. The van der Waals surface area contributed by atoms with E-state index in [2.05, 4.69) is 10.1 Å². The first-order chi connectivity index (χ1) is 10.6. The SMILES string of the molecule is COC(=O)C[C@H]1C(=O)NCCN1C(=O)CCN1CCCCO1. The number of methoxy groups -OCH3 is 1. The molecule has 0 unspecified atom stereocenters. The zero-order valence-electron chi connectivity index (χ0n) is 12.9. The summed E-state index contributed by atoms with van der Waals surface area (Å²) in [4.78, 5) is 42.7. The molecular weight excluding hydrogens is 290 g/mol. The van der Waals surface area contributed by atoms with Gasteiger partial charge in [0.05, 0.1) is 20.1 Å². The number of hydrogen-bond acceptors (Lipinski definition) is 6. The Morgan fingerprint density at radius 1 is 1.36 bits per heavy atom. The van der Waals surface area contributed by atoms with Gasteiger partial charge in [0.25, 0.3) is 0 Å². The van der Waals surface area contributed by atoms with Gasteiger partial charge in [0, 0.05) is 32.6 Å². The lowest BCUT2D eigenvalue weighted by atomic mass is 10.1. The fourth-order valence-electron chi connectivity index (χ4n) is 2.65. The summed E-state index contributed by atoms with van der Waals surface area (Å²) in [6.07, 6.45) is 2.25. The van der Waals surface area contributed by atoms with Crippen molar-refractivity contribution >= 4 is 17.8 Å². The summed E-state index contributed by atoms with van der Waals surface area (Å²) >= 11 is 0. The molecule has 8 heteroatoms. The first kappa shape index (κ1) is 16.7. The van der Waals surface area contributed by atoms with E-state index in [1.807, 2.05) is 0 Å². The molecule has 2 rings (SSSR count). The lowest BCUT2D eigenvalue weighted by molar-refractivity contribution is -0.183. The Morgan fingerprint density at radius 2 is 2.18 bits per heavy atom. The van der Waals surface area contributed by atoms with Crippen LogP contribution in [0.25, 0.3) is 0 Å². The van der Waals surface area contributed by atoms with Crippen LogP contribution in [0.4, 0.5) is 0 Å². The van der Waals surface area contributed by atoms with Crippen LogP contribution in [0.3, 0.4) is 0 Å². The molecule has 0 bridgehead atoms. The van der Waals surface area contributed by atoms with Gasteiger partial charge in [0.1, 0.15) is 6.04 Å². The smallest absolute Gasteiger partial charge is 0.308 e. The number of amides is 2. The average Bonchev–Trinajstić information content (AvgIpc) is 2.55. The minimum absolute atomic E-state index is 0.117. The van der Waals surface area contributed by atoms with E-state index >= 15 is 0 Å². The molecule has 0 aliphatic carbocycles. The molecule has 0 aromatic heterocycles. The van der Waals surface area contributed by atoms with Gasteiger partial charge in [-0.25, -0.2) is 0 Å². The largest absolute Gasteiger partial charge is 0.469 e. The van der Waals surface area contributed by atoms with Gasteiger partial charge in [0.15, 0.2) is 0 Å². The third-order valence-electron chi connectivity index (χ3n) is 3.89. The normalized spacial score (nSPS) is 23.0. The zero-order valence-corrected chi connectivity index (χ0v) is 12.9. The van der Waals surface area contributed by atoms with Gasteiger partial charge in [-0.2, -0.15) is 5.06 Å². The first-order valence-electron chi connectivity index (χ1n) is 7.63. The zero-order chi connectivity index (χ0) is 15.9. The van der Waals surface area contributed by atoms with Gasteiger partial charge >= 0.3 is 5.97 Å². The molecule has 8 nitrogen and oxygen atoms in total. The fraction of sp³-hybridized carbons (Fsp3) is 0.786. The third kappa shape index (κ3) is 4.41. The van der Waals surface area contributed by atoms with Gasteiger partial charge < -0.3 is 15.0 Å². The van der Waals surface area contributed by atoms with Crippen LogP contribution in [0.15, 0.2) is 0 Å². The lowest BCUT2D eigenvalue weighted by Crippen LogP contribution is -2.58. The molecule has 0 saturated carbocycles. The summed E-state index contributed by atoms with van der Waals surface area (Å²) in [6.45, 7) is 2.82. The van der Waals surface area contributed by atoms with Crippen LogP contribution in [0.5, 0.6) is 0 Å². The van der Waals surface area contributed by atoms with Crippen molar-refractivity contribution < 1.29 is 24.0 Å². The molecule has 2 amide bonds. The highest BCUT2D eigenvalue weighted by atomic mass is 16.7. The Hall–Kier alpha value is -1.67. The number of hydroxylamine groups is 2. The number of nitrogens with zero attached hydrogens (tertiary/aromatic N) is 2. The van der Waals surface area contributed by atoms with Gasteiger partial charge in [-0.3, -0.25) is 19.2 Å². The number of rotatable bonds is 5. The molecule has 1 atom stereocenters. The highest BCUT2D eigenvalue weighted by Gasteiger charge is 2.34. The summed E-state index contributed by atoms with van der Waals surface area (Å²) in [5.41, 5.74) is 0. The highest BCUT2D eigenvalue weighted by Crippen LogP contribution is 2.13. The van der Waals surface area contributed by atoms with Gasteiger partial charge in [-0.05, 0) is 12.8 Å². The van der Waals surface area contributed by atoms with Crippen molar-refractivity contribution in [2.45, 2.75) is 31.7 Å². The number of carbonyl (C=O) groups is 3. The van der Waals surface area contributed by atoms with Crippen LogP contribution in [0, 0.1) is 0 Å². The molecule has 0 spiro atoms. The Labute approximate surface area is 129 Å². The van der Waals surface area contributed by atoms with E-state index in [0.29, 0.717) is 26.2 Å². The van der Waals surface area contributed by atoms with Crippen LogP contribution in [-0.2, 0) is 24.0 Å². The Balaban J connectivity index is 1.89. The van der Waals surface area contributed by atoms with E-state index in [9.17, 15) is 14.4 Å². The monoisotopic (exact) mass is 313 g/mol. The van der Waals surface area contributed by atoms with E-state index in [-0.39, 0.29) is 24.7 Å². The van der Waals surface area contributed by atoms with Crippen molar-refractivity contribution in [1.29, 1.82) is 0 Å². The number of hydrogen-bond donors (Lipinski definition) is 1. The molecule has 2 aliphatic heterocycles. The second-order valence-corrected chi connectivity index (χ2v) is 5.39. The fourth-order valence-corrected chi connectivity index (χ4v) is 2.65. The molecule has 2 heterocycles. The second-order valence-electron chi connectivity index (χ2n) is 5.39. The number of piperazine rings is 1. The van der Waals surface area contributed by atoms with Crippen LogP contribution in [0.1, 0.15) is 25.7 Å². The predicted molar refractivity (Wildman–Crippen MR) is 76.5 cm³/mol. The first-order valence-corrected chi connectivity index (χ1v) is 7.63. The molecule has 2 fully saturated rings. The third-order valence-corrected chi connectivity index (χ3v) is 3.89. The molecule has 0 radical (unpaired) electrons. The summed E-state index contributed by atoms with van der Waals surface area (Å²) in [6, 6.07) is -0.782. The standard InChI is InChI=1S/C14H23N3O5/c1-21-13(19)10-11-14(20)15-5-8-17(11)12(18)4-7-16-6-2-3-9-22-16/h11H,2-10H2,1H3,(H,15,20)/t11-/m0/s1. The lowest BCUT2D eigenvalue weighted by Gasteiger charge is -2.35. The van der Waals surface area contributed by atoms with E-state index in [0.717, 1.165) is 19.4 Å². The van der Waals surface area contributed by atoms with Crippen LogP contribution < -0.4 is 5.32 Å². The molecule has 1 N–H and O–H groups in total. The Kier molecular flexibility index (Phi) is 6.14. The minimum atomic E-state index is -0.782. The van der Waals surface area contributed by atoms with Crippen LogP contribution >= 0.6 is 0 Å². The molecule has 2 saturated heterocycles. The maximum absolute atomic E-state index is 12.4. The quantitative estimate of drug-likeness (QED) is 0.675. The minimum Gasteiger partial charge on any atom is -0.469 e. The molecule has 0 aromatic carbocycles. The van der Waals surface area contributed by atoms with Crippen molar-refractivity contribution in [1.82, 2.24) is 15.3 Å². The molecule has 124 valence electrons. The van der Waals surface area contributed by atoms with Crippen molar-refractivity contribution in [2.75, 3.05) is 39.9 Å². The van der Waals surface area contributed by atoms with E-state index < -0.39 is 12.0 Å². The van der Waals surface area contributed by atoms with Gasteiger partial charge in [0.2, 0.25) is 11.8 Å². The van der Waals surface area contributed by atoms with Crippen molar-refractivity contribution in [3.8, 4) is 0 Å². The molecule has 22 heavy (non-hydrogen) atoms. The van der Waals surface area contributed by atoms with Gasteiger partial charge in [-0.15, -0.1) is 0 Å². The number of nitrogens with one attached hydrogen (secondary N) is 1. The van der Waals surface area contributed by atoms with Crippen LogP contribution in [-0.4, -0.2) is 73.7 Å². The number of ether oxygens (including phenoxy) is 1. The van der Waals surface area contributed by atoms with Crippen molar-refractivity contribution in [3.63, 3.8) is 0 Å². The Bertz CT molecular complexity index is 423. The summed E-state index contributed by atoms with van der Waals surface area (Å²) in [7, 11) is 1.27. The number of esters is 1. The Morgan fingerprint density at radius 3 is 2.86 bits per heavy atom. The van der Waals surface area contributed by atoms with E-state index in [1.54, 1.807) is 5.06 Å². The van der Waals surface area contributed by atoms with E-state index in [1.165, 1.54) is 12.0 Å². The predicted octanol–water partition coefficient (Wildman–Crippen LogP) is -0.706. The molecule has 2 aliphatic rings. The summed E-state index contributed by atoms with van der Waals surface area (Å²) in [5.74, 6) is -0.948. The summed E-state index contributed by atoms with van der Waals surface area (Å²) in [5, 5.41) is 4.47. The summed E-state index contributed by atoms with van der Waals surface area (Å²) < 4.78 is 4.60. The average molecular weight is 313 g/mol. The molecule has 0 aromatic rings. The van der Waals surface area contributed by atoms with Crippen molar-refractivity contribution in [2.24, 2.45) is 0 Å². The maximum Gasteiger partial charge on any atom is 0.308 e. The number of carbonyl (C=O) groups excluding carboxylic acids is 3. The van der Waals surface area contributed by atoms with E-state index in [4.69, 9.17) is 4.84 Å². The highest BCUT2D eigenvalue weighted by molar-refractivity contribution is 5.91. The maximum atomic E-state index is 12.4. The van der Waals surface area contributed by atoms with Crippen LogP contribution in [0.2, 0.25) is 0 Å². The van der Waals surface area contributed by atoms with Crippen molar-refractivity contribution in [3.05, 3.63) is 0 Å². The van der Waals surface area contributed by atoms with Gasteiger partial charge in [-0.1, -0.05) is 0 Å². The second kappa shape index (κ2) is 8.09.